The van der Waals surface area contributed by atoms with Crippen molar-refractivity contribution < 1.29 is 134 Å². The van der Waals surface area contributed by atoms with E-state index < -0.39 is 21.4 Å². The fourth-order valence-electron chi connectivity index (χ4n) is 5.56. The molecule has 0 aliphatic heterocycles. The summed E-state index contributed by atoms with van der Waals surface area (Å²) in [4.78, 5) is 26.7. The quantitative estimate of drug-likeness (QED) is 0.0345. The average molecular weight is 1120 g/mol. The molecular weight excluding hydrogens is 1080 g/mol. The van der Waals surface area contributed by atoms with Gasteiger partial charge in [-0.25, -0.2) is 15.0 Å². The van der Waals surface area contributed by atoms with Gasteiger partial charge in [-0.05, 0) is 130 Å². The topological polar surface area (TPSA) is 209 Å². The molecule has 3 N–H and O–H groups in total. The number of nitrogen functional groups attached to an aromatic ring is 1. The van der Waals surface area contributed by atoms with Crippen LogP contribution in [0.1, 0.15) is 13.9 Å². The van der Waals surface area contributed by atoms with Gasteiger partial charge in [-0.3, -0.25) is 18.5 Å². The molecule has 0 bridgehead atoms. The van der Waals surface area contributed by atoms with E-state index in [1.54, 1.807) is 54.6 Å². The SMILES string of the molecule is Cc1c(-c2cnn(C)c2)ccc(N)c1P(C)(C)=O.Cc1c(-c2cnn(C)c2)ccc(Nc2nc(Cl)ncc2Br)c1P(C)(C)=O.Clc1ncc(Br)c(Cl)n1.O=CO[O-].[2H]CF.[H-].[K+].[K+]. The Morgan fingerprint density at radius 2 is 1.26 bits per heavy atom. The molecule has 0 atom stereocenters. The Labute approximate surface area is 473 Å². The van der Waals surface area contributed by atoms with Crippen molar-refractivity contribution in [3.05, 3.63) is 97.2 Å². The molecule has 320 valence electrons. The minimum Gasteiger partial charge on any atom is -1.00 e. The molecule has 4 heterocycles. The maximum absolute atomic E-state index is 13.1. The number of hydrogen-bond acceptors (Lipinski definition) is 13. The molecule has 0 fully saturated rings. The second-order valence-corrected chi connectivity index (χ2v) is 21.8. The van der Waals surface area contributed by atoms with Crippen molar-refractivity contribution >= 4 is 115 Å². The second-order valence-electron chi connectivity index (χ2n) is 12.7. The number of aryl methyl sites for hydroxylation is 2. The summed E-state index contributed by atoms with van der Waals surface area (Å²) in [6, 6.07) is 7.68. The van der Waals surface area contributed by atoms with Crippen molar-refractivity contribution in [1.82, 2.24) is 39.5 Å². The molecule has 0 aliphatic carbocycles. The van der Waals surface area contributed by atoms with E-state index in [4.69, 9.17) is 52.0 Å². The molecule has 0 unspecified atom stereocenters. The number of alkyl halides is 1. The average Bonchev–Trinajstić information content (AvgIpc) is 3.79. The van der Waals surface area contributed by atoms with Gasteiger partial charge >= 0.3 is 103 Å². The smallest absolute Gasteiger partial charge is 1.00 e. The number of nitrogens with zero attached hydrogens (tertiary/aromatic N) is 8. The van der Waals surface area contributed by atoms with Crippen LogP contribution < -0.4 is 130 Å². The van der Waals surface area contributed by atoms with E-state index >= 15 is 0 Å². The first-order valence-corrected chi connectivity index (χ1v) is 24.4. The van der Waals surface area contributed by atoms with Crippen LogP contribution in [0.2, 0.25) is 15.7 Å². The number of carbonyl (C=O) groups is 1. The minimum atomic E-state index is -2.58. The number of benzene rings is 2. The third-order valence-corrected chi connectivity index (χ3v) is 13.0. The van der Waals surface area contributed by atoms with Crippen LogP contribution in [-0.2, 0) is 32.9 Å². The summed E-state index contributed by atoms with van der Waals surface area (Å²) in [7, 11) is -2.22. The normalized spacial score (nSPS) is 10.5. The summed E-state index contributed by atoms with van der Waals surface area (Å²) >= 11 is 23.3. The number of aromatic nitrogens is 8. The fourth-order valence-corrected chi connectivity index (χ4v) is 9.75. The molecular formula is C36H42Br2Cl3FK2N10O5P2. The molecule has 2 aromatic carbocycles. The van der Waals surface area contributed by atoms with Gasteiger partial charge in [0.25, 0.3) is 6.47 Å². The largest absolute Gasteiger partial charge is 1.00 e. The van der Waals surface area contributed by atoms with Gasteiger partial charge in [-0.1, -0.05) is 23.7 Å². The first-order valence-electron chi connectivity index (χ1n) is 17.2. The molecule has 0 spiro atoms. The Bertz CT molecular complexity index is 2510. The second kappa shape index (κ2) is 28.6. The van der Waals surface area contributed by atoms with E-state index in [-0.39, 0.29) is 121 Å². The van der Waals surface area contributed by atoms with Crippen LogP contribution in [0.4, 0.5) is 21.6 Å². The van der Waals surface area contributed by atoms with Gasteiger partial charge in [0.15, 0.2) is 0 Å². The van der Waals surface area contributed by atoms with Gasteiger partial charge < -0.3 is 31.8 Å². The first-order chi connectivity index (χ1) is 28.0. The van der Waals surface area contributed by atoms with Crippen LogP contribution in [0.3, 0.4) is 0 Å². The third-order valence-electron chi connectivity index (χ3n) is 7.68. The van der Waals surface area contributed by atoms with E-state index in [0.717, 1.165) is 49.7 Å². The Morgan fingerprint density at radius 3 is 1.66 bits per heavy atom. The van der Waals surface area contributed by atoms with Crippen LogP contribution in [0, 0.1) is 13.8 Å². The maximum Gasteiger partial charge on any atom is 1.00 e. The zero-order valence-corrected chi connectivity index (χ0v) is 48.4. The van der Waals surface area contributed by atoms with Crippen molar-refractivity contribution in [3.8, 4) is 22.3 Å². The monoisotopic (exact) mass is 1120 g/mol. The summed E-state index contributed by atoms with van der Waals surface area (Å²) in [5.74, 6) is 0.522. The third kappa shape index (κ3) is 18.7. The Morgan fingerprint density at radius 1 is 0.836 bits per heavy atom. The van der Waals surface area contributed by atoms with Crippen LogP contribution in [0.15, 0.2) is 70.4 Å². The number of nitrogens with one attached hydrogen (secondary N) is 1. The van der Waals surface area contributed by atoms with Crippen molar-refractivity contribution in [2.75, 3.05) is 44.9 Å². The molecule has 0 aliphatic rings. The van der Waals surface area contributed by atoms with E-state index in [2.05, 4.69) is 72.2 Å². The van der Waals surface area contributed by atoms with Gasteiger partial charge in [-0.2, -0.15) is 15.2 Å². The van der Waals surface area contributed by atoms with E-state index in [0.29, 0.717) is 25.6 Å². The minimum absolute atomic E-state index is 0. The van der Waals surface area contributed by atoms with E-state index in [1.807, 2.05) is 64.6 Å². The molecule has 6 aromatic rings. The van der Waals surface area contributed by atoms with Crippen molar-refractivity contribution in [1.29, 1.82) is 0 Å². The number of nitrogens with two attached hydrogens (primary N) is 1. The van der Waals surface area contributed by atoms with Crippen molar-refractivity contribution in [2.24, 2.45) is 14.1 Å². The van der Waals surface area contributed by atoms with Crippen molar-refractivity contribution in [2.45, 2.75) is 13.8 Å². The molecule has 25 heteroatoms. The molecule has 6 rings (SSSR count). The fraction of sp³-hybridized carbons (Fsp3) is 0.250. The first kappa shape index (κ1) is 58.6. The zero-order chi connectivity index (χ0) is 45.5. The summed E-state index contributed by atoms with van der Waals surface area (Å²) in [6.07, 6.45) is 10.6. The van der Waals surface area contributed by atoms with Gasteiger partial charge in [0.05, 0.1) is 35.6 Å². The number of rotatable bonds is 7. The molecule has 0 saturated carbocycles. The Kier molecular flexibility index (Phi) is 27.4. The number of halogens is 6. The summed E-state index contributed by atoms with van der Waals surface area (Å²) in [5, 5.41) is 22.2. The van der Waals surface area contributed by atoms with Crippen LogP contribution >= 0.6 is 80.9 Å². The van der Waals surface area contributed by atoms with Gasteiger partial charge in [-0.15, -0.1) is 0 Å². The van der Waals surface area contributed by atoms with Gasteiger partial charge in [0, 0.05) is 66.3 Å². The maximum atomic E-state index is 13.1. The zero-order valence-electron chi connectivity index (χ0n) is 36.9. The molecule has 0 radical (unpaired) electrons. The molecule has 4 aromatic heterocycles. The van der Waals surface area contributed by atoms with Crippen LogP contribution in [0.25, 0.3) is 22.3 Å². The van der Waals surface area contributed by atoms with Crippen molar-refractivity contribution in [3.63, 3.8) is 0 Å². The predicted molar refractivity (Wildman–Crippen MR) is 242 cm³/mol. The predicted octanol–water partition coefficient (Wildman–Crippen LogP) is 2.51. The van der Waals surface area contributed by atoms with Crippen LogP contribution in [0.5, 0.6) is 0 Å². The molecule has 0 saturated heterocycles. The summed E-state index contributed by atoms with van der Waals surface area (Å²) < 4.78 is 45.7. The molecule has 0 amide bonds. The summed E-state index contributed by atoms with van der Waals surface area (Å²) in [5.41, 5.74) is 13.3. The van der Waals surface area contributed by atoms with E-state index in [1.165, 1.54) is 6.20 Å². The molecule has 15 nitrogen and oxygen atoms in total. The van der Waals surface area contributed by atoms with Gasteiger partial charge in [0.1, 0.15) is 25.3 Å². The molecule has 61 heavy (non-hydrogen) atoms. The standard InChI is InChI=1S/C17H18BrClN5OP.C13H18N3OP.C4HBrCl2N2.CH3F.CH2O3.2K.H/c1-10-12(11-7-21-24(2)9-11)5-6-14(15(10)26(3,4)25)22-16-13(18)8-20-17(19)23-16;1-9-11(10-7-15-16(2)8-10)5-6-12(14)13(9)18(3,4)17;5-2-1-8-4(7)9-3(2)6;1-2;2-1-4-3;;;/h5-9H,1-4H3,(H,20,22,23);5-8H,14H2,1-4H3;1H;1H3;1,3H;;;/q;;;;;2*+1;-1/p-1/i;;;1D;;;;. The number of hydrogen-bond donors (Lipinski definition) is 2. The number of anilines is 3. The van der Waals surface area contributed by atoms with Crippen LogP contribution in [-0.4, -0.2) is 79.8 Å². The van der Waals surface area contributed by atoms with E-state index in [9.17, 15) is 13.5 Å². The van der Waals surface area contributed by atoms with Gasteiger partial charge in [0.2, 0.25) is 10.6 Å². The Balaban J connectivity index is 0. The Hall–Kier alpha value is -0.457. The summed E-state index contributed by atoms with van der Waals surface area (Å²) in [6.45, 7) is 10.8. The number of carbonyl (C=O) groups excluding carboxylic acids is 1.